The van der Waals surface area contributed by atoms with Crippen molar-refractivity contribution in [1.82, 2.24) is 5.43 Å². The number of methoxy groups -OCH3 is 1. The first kappa shape index (κ1) is 19.0. The molecule has 2 aromatic carbocycles. The molecule has 0 saturated heterocycles. The fourth-order valence-electron chi connectivity index (χ4n) is 2.30. The molecule has 2 aromatic rings. The van der Waals surface area contributed by atoms with Gasteiger partial charge in [0.05, 0.1) is 13.3 Å². The van der Waals surface area contributed by atoms with Gasteiger partial charge < -0.3 is 9.47 Å². The zero-order chi connectivity index (χ0) is 18.4. The van der Waals surface area contributed by atoms with Crippen LogP contribution in [0, 0.1) is 20.8 Å². The maximum Gasteiger partial charge on any atom is 0.277 e. The molecule has 0 unspecified atom stereocenters. The van der Waals surface area contributed by atoms with E-state index in [4.69, 9.17) is 9.47 Å². The monoisotopic (exact) mass is 404 g/mol. The maximum atomic E-state index is 11.9. The predicted molar refractivity (Wildman–Crippen MR) is 103 cm³/mol. The Balaban J connectivity index is 1.96. The number of nitrogens with one attached hydrogen (secondary N) is 1. The van der Waals surface area contributed by atoms with E-state index in [1.165, 1.54) is 6.21 Å². The molecule has 25 heavy (non-hydrogen) atoms. The predicted octanol–water partition coefficient (Wildman–Crippen LogP) is 3.91. The Morgan fingerprint density at radius 3 is 2.64 bits per heavy atom. The van der Waals surface area contributed by atoms with Gasteiger partial charge in [-0.2, -0.15) is 5.10 Å². The number of benzene rings is 2. The number of amides is 1. The van der Waals surface area contributed by atoms with Crippen LogP contribution < -0.4 is 14.9 Å². The van der Waals surface area contributed by atoms with Crippen LogP contribution in [0.25, 0.3) is 0 Å². The molecule has 0 aliphatic heterocycles. The van der Waals surface area contributed by atoms with Crippen molar-refractivity contribution >= 4 is 28.1 Å². The number of aryl methyl sites for hydroxylation is 2. The second-order valence-corrected chi connectivity index (χ2v) is 6.54. The van der Waals surface area contributed by atoms with E-state index in [9.17, 15) is 4.79 Å². The molecule has 2 rings (SSSR count). The Hall–Kier alpha value is -2.34. The highest BCUT2D eigenvalue weighted by atomic mass is 79.9. The molecule has 0 atom stereocenters. The summed E-state index contributed by atoms with van der Waals surface area (Å²) in [5.74, 6) is 1.08. The van der Waals surface area contributed by atoms with E-state index in [1.807, 2.05) is 51.1 Å². The van der Waals surface area contributed by atoms with Gasteiger partial charge in [0.1, 0.15) is 11.5 Å². The Labute approximate surface area is 156 Å². The lowest BCUT2D eigenvalue weighted by Crippen LogP contribution is -2.25. The highest BCUT2D eigenvalue weighted by molar-refractivity contribution is 9.10. The Kier molecular flexibility index (Phi) is 6.58. The topological polar surface area (TPSA) is 59.9 Å². The van der Waals surface area contributed by atoms with E-state index >= 15 is 0 Å². The van der Waals surface area contributed by atoms with Crippen molar-refractivity contribution in [3.63, 3.8) is 0 Å². The number of carbonyl (C=O) groups is 1. The smallest absolute Gasteiger partial charge is 0.277 e. The summed E-state index contributed by atoms with van der Waals surface area (Å²) in [5, 5.41) is 3.96. The van der Waals surface area contributed by atoms with Gasteiger partial charge >= 0.3 is 0 Å². The molecule has 0 saturated carbocycles. The molecule has 0 aromatic heterocycles. The number of ether oxygens (including phenoxy) is 2. The molecule has 1 N–H and O–H groups in total. The zero-order valence-electron chi connectivity index (χ0n) is 14.7. The number of carbonyl (C=O) groups excluding carboxylic acids is 1. The molecule has 0 fully saturated rings. The highest BCUT2D eigenvalue weighted by Gasteiger charge is 2.09. The van der Waals surface area contributed by atoms with Gasteiger partial charge in [-0.3, -0.25) is 4.79 Å². The summed E-state index contributed by atoms with van der Waals surface area (Å²) in [4.78, 5) is 11.9. The molecule has 0 bridgehead atoms. The van der Waals surface area contributed by atoms with Crippen LogP contribution >= 0.6 is 15.9 Å². The molecule has 1 amide bonds. The van der Waals surface area contributed by atoms with Crippen molar-refractivity contribution in [1.29, 1.82) is 0 Å². The number of halogens is 1. The van der Waals surface area contributed by atoms with Crippen molar-refractivity contribution in [3.8, 4) is 11.5 Å². The third-order valence-corrected chi connectivity index (χ3v) is 4.30. The Morgan fingerprint density at radius 1 is 1.20 bits per heavy atom. The fraction of sp³-hybridized carbons (Fsp3) is 0.263. The van der Waals surface area contributed by atoms with Crippen LogP contribution in [0.2, 0.25) is 0 Å². The van der Waals surface area contributed by atoms with E-state index in [0.29, 0.717) is 5.75 Å². The zero-order valence-corrected chi connectivity index (χ0v) is 16.3. The fourth-order valence-corrected chi connectivity index (χ4v) is 2.68. The summed E-state index contributed by atoms with van der Waals surface area (Å²) in [5.41, 5.74) is 6.37. The van der Waals surface area contributed by atoms with Gasteiger partial charge in [0.2, 0.25) is 0 Å². The molecule has 0 aliphatic carbocycles. The summed E-state index contributed by atoms with van der Waals surface area (Å²) in [6.07, 6.45) is 1.53. The van der Waals surface area contributed by atoms with Gasteiger partial charge in [0.15, 0.2) is 6.61 Å². The largest absolute Gasteiger partial charge is 0.496 e. The average Bonchev–Trinajstić information content (AvgIpc) is 2.58. The minimum Gasteiger partial charge on any atom is -0.496 e. The lowest BCUT2D eigenvalue weighted by molar-refractivity contribution is -0.123. The standard InChI is InChI=1S/C19H21BrN2O3/c1-12-5-6-13(2)19(14(12)3)25-11-18(23)22-21-10-15-9-16(20)7-8-17(15)24-4/h5-10H,11H2,1-4H3,(H,22,23)/b21-10+. The molecule has 0 radical (unpaired) electrons. The van der Waals surface area contributed by atoms with Crippen molar-refractivity contribution in [2.45, 2.75) is 20.8 Å². The van der Waals surface area contributed by atoms with Gasteiger partial charge in [-0.05, 0) is 55.7 Å². The van der Waals surface area contributed by atoms with E-state index in [2.05, 4.69) is 26.5 Å². The molecule has 0 heterocycles. The Bertz CT molecular complexity index is 803. The first-order valence-corrected chi connectivity index (χ1v) is 8.56. The van der Waals surface area contributed by atoms with Gasteiger partial charge in [0.25, 0.3) is 5.91 Å². The third kappa shape index (κ3) is 5.06. The SMILES string of the molecule is COc1ccc(Br)cc1/C=N/NC(=O)COc1c(C)ccc(C)c1C. The quantitative estimate of drug-likeness (QED) is 0.586. The number of hydrogen-bond donors (Lipinski definition) is 1. The molecule has 132 valence electrons. The summed E-state index contributed by atoms with van der Waals surface area (Å²) < 4.78 is 11.8. The first-order chi connectivity index (χ1) is 11.9. The van der Waals surface area contributed by atoms with E-state index < -0.39 is 0 Å². The summed E-state index contributed by atoms with van der Waals surface area (Å²) in [7, 11) is 1.58. The lowest BCUT2D eigenvalue weighted by Gasteiger charge is -2.13. The van der Waals surface area contributed by atoms with Gasteiger partial charge in [0, 0.05) is 10.0 Å². The van der Waals surface area contributed by atoms with Crippen molar-refractivity contribution in [3.05, 3.63) is 57.1 Å². The van der Waals surface area contributed by atoms with Crippen LogP contribution in [0.3, 0.4) is 0 Å². The van der Waals surface area contributed by atoms with Crippen LogP contribution in [0.4, 0.5) is 0 Å². The second kappa shape index (κ2) is 8.67. The Morgan fingerprint density at radius 2 is 1.92 bits per heavy atom. The van der Waals surface area contributed by atoms with Crippen LogP contribution in [-0.4, -0.2) is 25.8 Å². The van der Waals surface area contributed by atoms with E-state index in [1.54, 1.807) is 7.11 Å². The number of nitrogens with zero attached hydrogens (tertiary/aromatic N) is 1. The van der Waals surface area contributed by atoms with E-state index in [-0.39, 0.29) is 12.5 Å². The van der Waals surface area contributed by atoms with Crippen molar-refractivity contribution in [2.75, 3.05) is 13.7 Å². The number of hydrazone groups is 1. The van der Waals surface area contributed by atoms with Crippen molar-refractivity contribution < 1.29 is 14.3 Å². The molecule has 0 aliphatic rings. The summed E-state index contributed by atoms with van der Waals surface area (Å²) in [6.45, 7) is 5.85. The molecule has 0 spiro atoms. The summed E-state index contributed by atoms with van der Waals surface area (Å²) >= 11 is 3.39. The molecule has 5 nitrogen and oxygen atoms in total. The number of rotatable bonds is 6. The van der Waals surface area contributed by atoms with E-state index in [0.717, 1.165) is 32.5 Å². The van der Waals surface area contributed by atoms with Crippen molar-refractivity contribution in [2.24, 2.45) is 5.10 Å². The van der Waals surface area contributed by atoms with Crippen LogP contribution in [-0.2, 0) is 4.79 Å². The first-order valence-electron chi connectivity index (χ1n) is 7.77. The second-order valence-electron chi connectivity index (χ2n) is 5.62. The van der Waals surface area contributed by atoms with Gasteiger partial charge in [-0.15, -0.1) is 0 Å². The minimum absolute atomic E-state index is 0.0991. The minimum atomic E-state index is -0.328. The van der Waals surface area contributed by atoms with Gasteiger partial charge in [-0.25, -0.2) is 5.43 Å². The lowest BCUT2D eigenvalue weighted by atomic mass is 10.1. The summed E-state index contributed by atoms with van der Waals surface area (Å²) in [6, 6.07) is 9.56. The molecule has 6 heteroatoms. The van der Waals surface area contributed by atoms with Crippen LogP contribution in [0.1, 0.15) is 22.3 Å². The van der Waals surface area contributed by atoms with Crippen LogP contribution in [0.15, 0.2) is 39.9 Å². The van der Waals surface area contributed by atoms with Gasteiger partial charge in [-0.1, -0.05) is 28.1 Å². The average molecular weight is 405 g/mol. The highest BCUT2D eigenvalue weighted by Crippen LogP contribution is 2.25. The van der Waals surface area contributed by atoms with Crippen LogP contribution in [0.5, 0.6) is 11.5 Å². The third-order valence-electron chi connectivity index (χ3n) is 3.81. The molecular weight excluding hydrogens is 384 g/mol. The maximum absolute atomic E-state index is 11.9. The molecular formula is C19H21BrN2O3. The number of hydrogen-bond acceptors (Lipinski definition) is 4. The normalized spacial score (nSPS) is 10.8.